The topological polar surface area (TPSA) is 80.1 Å². The molecule has 1 aromatic heterocycles. The van der Waals surface area contributed by atoms with Crippen LogP contribution in [0.3, 0.4) is 0 Å². The molecule has 2 heterocycles. The monoisotopic (exact) mass is 325 g/mol. The first kappa shape index (κ1) is 15.5. The van der Waals surface area contributed by atoms with Crippen LogP contribution < -0.4 is 5.32 Å². The van der Waals surface area contributed by atoms with Crippen LogP contribution in [0.1, 0.15) is 18.6 Å². The average Bonchev–Trinajstić information content (AvgIpc) is 2.80. The summed E-state index contributed by atoms with van der Waals surface area (Å²) in [6, 6.07) is -0.727. The minimum Gasteiger partial charge on any atom is -0.315 e. The summed E-state index contributed by atoms with van der Waals surface area (Å²) in [4.78, 5) is 24.3. The minimum atomic E-state index is -4.60. The molecule has 0 fully saturated rings. The van der Waals surface area contributed by atoms with Crippen LogP contribution >= 0.6 is 11.6 Å². The lowest BCUT2D eigenvalue weighted by atomic mass is 10.3. The van der Waals surface area contributed by atoms with Gasteiger partial charge in [-0.25, -0.2) is 4.79 Å². The first-order valence-corrected chi connectivity index (χ1v) is 6.37. The van der Waals surface area contributed by atoms with E-state index in [0.717, 1.165) is 4.57 Å². The molecule has 1 unspecified atom stereocenters. The Labute approximate surface area is 122 Å². The van der Waals surface area contributed by atoms with Gasteiger partial charge in [-0.1, -0.05) is 0 Å². The van der Waals surface area contributed by atoms with Crippen molar-refractivity contribution in [3.05, 3.63) is 11.6 Å². The van der Waals surface area contributed by atoms with Crippen molar-refractivity contribution in [3.63, 3.8) is 0 Å². The molecule has 1 N–H and O–H groups in total. The Kier molecular flexibility index (Phi) is 4.08. The highest BCUT2D eigenvalue weighted by atomic mass is 35.5. The zero-order valence-corrected chi connectivity index (χ0v) is 11.6. The van der Waals surface area contributed by atoms with Gasteiger partial charge in [0.25, 0.3) is 0 Å². The second kappa shape index (κ2) is 5.51. The highest BCUT2D eigenvalue weighted by Crippen LogP contribution is 2.29. The molecule has 0 aliphatic carbocycles. The number of nitrogens with one attached hydrogen (secondary N) is 1. The molecule has 7 nitrogen and oxygen atoms in total. The van der Waals surface area contributed by atoms with Gasteiger partial charge < -0.3 is 9.47 Å². The summed E-state index contributed by atoms with van der Waals surface area (Å²) in [7, 11) is 0. The smallest absolute Gasteiger partial charge is 0.315 e. The van der Waals surface area contributed by atoms with E-state index in [1.54, 1.807) is 0 Å². The normalized spacial score (nSPS) is 16.3. The van der Waals surface area contributed by atoms with Gasteiger partial charge in [-0.15, -0.1) is 21.8 Å². The van der Waals surface area contributed by atoms with E-state index in [4.69, 9.17) is 11.6 Å². The lowest BCUT2D eigenvalue weighted by Crippen LogP contribution is -2.48. The lowest BCUT2D eigenvalue weighted by molar-refractivity contribution is -0.147. The molecule has 1 aromatic rings. The number of fused-ring (bicyclic) bond motifs is 1. The number of amides is 3. The summed E-state index contributed by atoms with van der Waals surface area (Å²) in [5, 5.41) is 7.69. The molecule has 11 heteroatoms. The maximum absolute atomic E-state index is 12.7. The van der Waals surface area contributed by atoms with Crippen LogP contribution in [0, 0.1) is 0 Å². The Morgan fingerprint density at radius 1 is 1.33 bits per heavy atom. The maximum Gasteiger partial charge on any atom is 0.451 e. The number of carbonyl (C=O) groups excluding carboxylic acids is 2. The van der Waals surface area contributed by atoms with Crippen LogP contribution in [0.2, 0.25) is 0 Å². The van der Waals surface area contributed by atoms with Gasteiger partial charge in [0.1, 0.15) is 5.38 Å². The Hall–Kier alpha value is -1.84. The van der Waals surface area contributed by atoms with E-state index in [1.165, 1.54) is 11.8 Å². The van der Waals surface area contributed by atoms with E-state index in [1.807, 2.05) is 0 Å². The van der Waals surface area contributed by atoms with Crippen LogP contribution in [0.5, 0.6) is 0 Å². The highest BCUT2D eigenvalue weighted by molar-refractivity contribution is 6.31. The zero-order chi connectivity index (χ0) is 15.8. The minimum absolute atomic E-state index is 0.00387. The van der Waals surface area contributed by atoms with Crippen LogP contribution in [-0.2, 0) is 24.1 Å². The summed E-state index contributed by atoms with van der Waals surface area (Å²) < 4.78 is 38.9. The van der Waals surface area contributed by atoms with E-state index >= 15 is 0 Å². The average molecular weight is 326 g/mol. The number of hydrogen-bond donors (Lipinski definition) is 1. The van der Waals surface area contributed by atoms with Gasteiger partial charge in [0.2, 0.25) is 11.7 Å². The van der Waals surface area contributed by atoms with Crippen molar-refractivity contribution in [1.82, 2.24) is 25.0 Å². The molecule has 0 aromatic carbocycles. The molecule has 21 heavy (non-hydrogen) atoms. The third-order valence-corrected chi connectivity index (χ3v) is 3.08. The fourth-order valence-electron chi connectivity index (χ4n) is 1.82. The van der Waals surface area contributed by atoms with E-state index in [-0.39, 0.29) is 25.5 Å². The summed E-state index contributed by atoms with van der Waals surface area (Å²) in [5.74, 6) is -1.76. The predicted octanol–water partition coefficient (Wildman–Crippen LogP) is 0.976. The molecular formula is C10H11ClF3N5O2. The molecule has 0 spiro atoms. The van der Waals surface area contributed by atoms with E-state index in [2.05, 4.69) is 15.5 Å². The number of halogens is 4. The van der Waals surface area contributed by atoms with Gasteiger partial charge in [-0.05, 0) is 6.92 Å². The third kappa shape index (κ3) is 3.26. The Morgan fingerprint density at radius 2 is 2.00 bits per heavy atom. The number of hydrogen-bond acceptors (Lipinski definition) is 4. The number of urea groups is 1. The second-order valence-electron chi connectivity index (χ2n) is 4.42. The van der Waals surface area contributed by atoms with Crippen molar-refractivity contribution in [2.45, 2.75) is 31.6 Å². The van der Waals surface area contributed by atoms with Crippen molar-refractivity contribution in [2.75, 3.05) is 6.54 Å². The van der Waals surface area contributed by atoms with E-state index < -0.39 is 29.3 Å². The van der Waals surface area contributed by atoms with Crippen LogP contribution in [0.25, 0.3) is 0 Å². The first-order chi connectivity index (χ1) is 9.70. The van der Waals surface area contributed by atoms with Crippen molar-refractivity contribution in [3.8, 4) is 0 Å². The molecule has 1 atom stereocenters. The van der Waals surface area contributed by atoms with Crippen LogP contribution in [-0.4, -0.2) is 43.5 Å². The van der Waals surface area contributed by atoms with Crippen molar-refractivity contribution >= 4 is 23.5 Å². The molecule has 0 saturated carbocycles. The summed E-state index contributed by atoms with van der Waals surface area (Å²) in [6.07, 6.45) is -4.60. The highest BCUT2D eigenvalue weighted by Gasteiger charge is 2.40. The van der Waals surface area contributed by atoms with Crippen molar-refractivity contribution in [2.24, 2.45) is 0 Å². The standard InChI is InChI=1S/C10H11ClF3N5O2/c1-5(11)7(20)15-9(21)18-2-3-19-6(4-18)16-17-8(19)10(12,13)14/h5H,2-4H2,1H3,(H,15,20,21). The Morgan fingerprint density at radius 3 is 2.57 bits per heavy atom. The van der Waals surface area contributed by atoms with Crippen molar-refractivity contribution in [1.29, 1.82) is 0 Å². The number of alkyl halides is 4. The quantitative estimate of drug-likeness (QED) is 0.780. The fraction of sp³-hybridized carbons (Fsp3) is 0.600. The van der Waals surface area contributed by atoms with Gasteiger partial charge in [0.15, 0.2) is 5.82 Å². The second-order valence-corrected chi connectivity index (χ2v) is 5.08. The Bertz CT molecular complexity index is 572. The summed E-state index contributed by atoms with van der Waals surface area (Å²) >= 11 is 5.51. The molecule has 1 aliphatic heterocycles. The molecule has 2 rings (SSSR count). The van der Waals surface area contributed by atoms with Crippen molar-refractivity contribution < 1.29 is 22.8 Å². The van der Waals surface area contributed by atoms with Gasteiger partial charge in [0.05, 0.1) is 6.54 Å². The molecule has 1 aliphatic rings. The van der Waals surface area contributed by atoms with Crippen LogP contribution in [0.4, 0.5) is 18.0 Å². The number of imide groups is 1. The molecule has 3 amide bonds. The maximum atomic E-state index is 12.7. The van der Waals surface area contributed by atoms with Gasteiger partial charge in [-0.2, -0.15) is 13.2 Å². The van der Waals surface area contributed by atoms with Gasteiger partial charge in [-0.3, -0.25) is 10.1 Å². The molecule has 0 bridgehead atoms. The largest absolute Gasteiger partial charge is 0.451 e. The predicted molar refractivity (Wildman–Crippen MR) is 64.3 cm³/mol. The number of nitrogens with zero attached hydrogens (tertiary/aromatic N) is 4. The number of aromatic nitrogens is 3. The van der Waals surface area contributed by atoms with E-state index in [9.17, 15) is 22.8 Å². The fourth-order valence-corrected chi connectivity index (χ4v) is 1.88. The van der Waals surface area contributed by atoms with Gasteiger partial charge >= 0.3 is 12.2 Å². The molecular weight excluding hydrogens is 315 g/mol. The number of carbonyl (C=O) groups is 2. The summed E-state index contributed by atoms with van der Waals surface area (Å²) in [5.41, 5.74) is 0. The SMILES string of the molecule is CC(Cl)C(=O)NC(=O)N1CCn2c(nnc2C(F)(F)F)C1. The molecule has 0 saturated heterocycles. The zero-order valence-electron chi connectivity index (χ0n) is 10.8. The molecule has 116 valence electrons. The molecule has 0 radical (unpaired) electrons. The van der Waals surface area contributed by atoms with E-state index in [0.29, 0.717) is 0 Å². The van der Waals surface area contributed by atoms with Crippen LogP contribution in [0.15, 0.2) is 0 Å². The van der Waals surface area contributed by atoms with Gasteiger partial charge in [0, 0.05) is 13.1 Å². The first-order valence-electron chi connectivity index (χ1n) is 5.93. The summed E-state index contributed by atoms with van der Waals surface area (Å²) in [6.45, 7) is 1.13. The third-order valence-electron chi connectivity index (χ3n) is 2.89. The lowest BCUT2D eigenvalue weighted by Gasteiger charge is -2.27. The Balaban J connectivity index is 2.09. The number of rotatable bonds is 1.